The van der Waals surface area contributed by atoms with Gasteiger partial charge in [0.25, 0.3) is 0 Å². The van der Waals surface area contributed by atoms with E-state index in [0.29, 0.717) is 6.42 Å². The van der Waals surface area contributed by atoms with Crippen LogP contribution in [-0.4, -0.2) is 5.78 Å². The number of carbonyl (C=O) groups excluding carboxylic acids is 1. The van der Waals surface area contributed by atoms with E-state index in [9.17, 15) is 4.79 Å². The van der Waals surface area contributed by atoms with Crippen LogP contribution in [0.1, 0.15) is 38.3 Å². The molecule has 0 bridgehead atoms. The van der Waals surface area contributed by atoms with Crippen LogP contribution < -0.4 is 0 Å². The Labute approximate surface area is 87.2 Å². The monoisotopic (exact) mass is 192 g/mol. The van der Waals surface area contributed by atoms with Gasteiger partial charge in [-0.1, -0.05) is 43.7 Å². The van der Waals surface area contributed by atoms with Crippen molar-refractivity contribution >= 4 is 5.78 Å². The Morgan fingerprint density at radius 3 is 1.86 bits per heavy atom. The molecule has 0 fully saturated rings. The minimum absolute atomic E-state index is 0.255. The van der Waals surface area contributed by atoms with Crippen LogP contribution in [0.2, 0.25) is 0 Å². The molecule has 0 saturated carbocycles. The smallest absolute Gasteiger partial charge is 0.129 e. The Bertz CT molecular complexity index is 259. The van der Waals surface area contributed by atoms with Crippen molar-refractivity contribution in [1.82, 2.24) is 0 Å². The van der Waals surface area contributed by atoms with Gasteiger partial charge in [-0.25, -0.2) is 0 Å². The highest BCUT2D eigenvalue weighted by atomic mass is 16.1. The fraction of sp³-hybridized carbons (Fsp3) is 0.462. The van der Waals surface area contributed by atoms with Gasteiger partial charge in [0.1, 0.15) is 5.78 Å². The molecule has 0 aliphatic heterocycles. The molecule has 0 spiro atoms. The predicted octanol–water partition coefficient (Wildman–Crippen LogP) is 3.54. The summed E-state index contributed by atoms with van der Waals surface area (Å²) in [5.74, 6) is 0.255. The number of hydrogen-bond donors (Lipinski definition) is 0. The van der Waals surface area contributed by atoms with Gasteiger partial charge in [0, 0.05) is 6.42 Å². The molecule has 0 N–H and O–H groups in total. The average molecular weight is 192 g/mol. The van der Waals surface area contributed by atoms with E-state index in [1.165, 1.54) is 11.1 Å². The van der Waals surface area contributed by atoms with E-state index in [2.05, 4.69) is 38.1 Å². The lowest BCUT2D eigenvalue weighted by Crippen LogP contribution is -1.80. The molecule has 0 atom stereocenters. The van der Waals surface area contributed by atoms with Gasteiger partial charge in [-0.2, -0.15) is 0 Å². The van der Waals surface area contributed by atoms with Crippen LogP contribution in [0.15, 0.2) is 24.3 Å². The third kappa shape index (κ3) is 6.41. The Hall–Kier alpha value is -1.11. The first-order valence-electron chi connectivity index (χ1n) is 5.15. The standard InChI is InChI=1S/C9H12.C4H8O/c1-3-9-6-4-8(2)5-7-9;1-3-4(2)5/h4-7H,3H2,1-2H3;3H2,1-2H3. The average Bonchev–Trinajstić information content (AvgIpc) is 2.20. The third-order valence-corrected chi connectivity index (χ3v) is 2.03. The van der Waals surface area contributed by atoms with Gasteiger partial charge >= 0.3 is 0 Å². The minimum Gasteiger partial charge on any atom is -0.300 e. The van der Waals surface area contributed by atoms with Crippen molar-refractivity contribution in [3.05, 3.63) is 35.4 Å². The molecule has 78 valence electrons. The largest absolute Gasteiger partial charge is 0.300 e. The maximum atomic E-state index is 9.81. The molecular formula is C13H20O. The summed E-state index contributed by atoms with van der Waals surface area (Å²) < 4.78 is 0. The maximum absolute atomic E-state index is 9.81. The highest BCUT2D eigenvalue weighted by Gasteiger charge is 1.84. The second kappa shape index (κ2) is 7.31. The van der Waals surface area contributed by atoms with Gasteiger partial charge in [0.2, 0.25) is 0 Å². The molecule has 0 aliphatic carbocycles. The quantitative estimate of drug-likeness (QED) is 0.700. The molecule has 1 aromatic carbocycles. The molecule has 0 unspecified atom stereocenters. The zero-order valence-corrected chi connectivity index (χ0v) is 9.63. The summed E-state index contributed by atoms with van der Waals surface area (Å²) in [6.07, 6.45) is 1.81. The first kappa shape index (κ1) is 12.9. The van der Waals surface area contributed by atoms with Gasteiger partial charge in [-0.3, -0.25) is 0 Å². The fourth-order valence-corrected chi connectivity index (χ4v) is 0.824. The van der Waals surface area contributed by atoms with Crippen molar-refractivity contribution in [2.24, 2.45) is 0 Å². The highest BCUT2D eigenvalue weighted by molar-refractivity contribution is 5.74. The van der Waals surface area contributed by atoms with Crippen molar-refractivity contribution in [3.8, 4) is 0 Å². The van der Waals surface area contributed by atoms with Gasteiger partial charge in [0.15, 0.2) is 0 Å². The number of hydrogen-bond acceptors (Lipinski definition) is 1. The molecule has 0 aliphatic rings. The molecule has 0 amide bonds. The van der Waals surface area contributed by atoms with Crippen LogP contribution in [0.5, 0.6) is 0 Å². The first-order chi connectivity index (χ1) is 6.60. The van der Waals surface area contributed by atoms with Crippen LogP contribution in [0.4, 0.5) is 0 Å². The van der Waals surface area contributed by atoms with Gasteiger partial charge in [-0.15, -0.1) is 0 Å². The number of rotatable bonds is 2. The van der Waals surface area contributed by atoms with Crippen molar-refractivity contribution in [2.45, 2.75) is 40.5 Å². The molecule has 14 heavy (non-hydrogen) atoms. The summed E-state index contributed by atoms with van der Waals surface area (Å²) in [6, 6.07) is 8.66. The SMILES string of the molecule is CCC(C)=O.CCc1ccc(C)cc1. The Balaban J connectivity index is 0.000000292. The van der Waals surface area contributed by atoms with Gasteiger partial charge in [0.05, 0.1) is 0 Å². The lowest BCUT2D eigenvalue weighted by molar-refractivity contribution is -0.116. The molecule has 0 saturated heterocycles. The number of benzene rings is 1. The van der Waals surface area contributed by atoms with E-state index in [0.717, 1.165) is 6.42 Å². The van der Waals surface area contributed by atoms with Crippen molar-refractivity contribution in [2.75, 3.05) is 0 Å². The summed E-state index contributed by atoms with van der Waals surface area (Å²) >= 11 is 0. The molecule has 0 radical (unpaired) electrons. The van der Waals surface area contributed by atoms with Crippen LogP contribution in [0.25, 0.3) is 0 Å². The zero-order valence-electron chi connectivity index (χ0n) is 9.63. The molecule has 1 nitrogen and oxygen atoms in total. The van der Waals surface area contributed by atoms with E-state index in [1.807, 2.05) is 6.92 Å². The number of ketones is 1. The van der Waals surface area contributed by atoms with E-state index in [-0.39, 0.29) is 5.78 Å². The summed E-state index contributed by atoms with van der Waals surface area (Å²) in [6.45, 7) is 7.71. The van der Waals surface area contributed by atoms with Crippen molar-refractivity contribution in [3.63, 3.8) is 0 Å². The van der Waals surface area contributed by atoms with Gasteiger partial charge < -0.3 is 4.79 Å². The van der Waals surface area contributed by atoms with E-state index in [1.54, 1.807) is 6.92 Å². The molecule has 1 heteroatoms. The molecule has 1 aromatic rings. The normalized spacial score (nSPS) is 8.86. The second-order valence-electron chi connectivity index (χ2n) is 3.39. The number of Topliss-reactive ketones (excluding diaryl/α,β-unsaturated/α-hetero) is 1. The summed E-state index contributed by atoms with van der Waals surface area (Å²) in [4.78, 5) is 9.81. The van der Waals surface area contributed by atoms with E-state index < -0.39 is 0 Å². The first-order valence-corrected chi connectivity index (χ1v) is 5.15. The van der Waals surface area contributed by atoms with Crippen LogP contribution >= 0.6 is 0 Å². The summed E-state index contributed by atoms with van der Waals surface area (Å²) in [5, 5.41) is 0. The Morgan fingerprint density at radius 1 is 1.14 bits per heavy atom. The third-order valence-electron chi connectivity index (χ3n) is 2.03. The van der Waals surface area contributed by atoms with Crippen LogP contribution in [0.3, 0.4) is 0 Å². The second-order valence-corrected chi connectivity index (χ2v) is 3.39. The van der Waals surface area contributed by atoms with Gasteiger partial charge in [-0.05, 0) is 25.8 Å². The molecule has 0 heterocycles. The zero-order chi connectivity index (χ0) is 11.0. The topological polar surface area (TPSA) is 17.1 Å². The van der Waals surface area contributed by atoms with E-state index >= 15 is 0 Å². The van der Waals surface area contributed by atoms with Crippen LogP contribution in [-0.2, 0) is 11.2 Å². The highest BCUT2D eigenvalue weighted by Crippen LogP contribution is 2.02. The minimum atomic E-state index is 0.255. The lowest BCUT2D eigenvalue weighted by Gasteiger charge is -1.94. The summed E-state index contributed by atoms with van der Waals surface area (Å²) in [7, 11) is 0. The molecule has 0 aromatic heterocycles. The number of aryl methyl sites for hydroxylation is 2. The lowest BCUT2D eigenvalue weighted by atomic mass is 10.1. The molecule has 1 rings (SSSR count). The predicted molar refractivity (Wildman–Crippen MR) is 61.5 cm³/mol. The number of carbonyl (C=O) groups is 1. The Kier molecular flexibility index (Phi) is 6.73. The van der Waals surface area contributed by atoms with Crippen molar-refractivity contribution < 1.29 is 4.79 Å². The summed E-state index contributed by atoms with van der Waals surface area (Å²) in [5.41, 5.74) is 2.76. The Morgan fingerprint density at radius 2 is 1.57 bits per heavy atom. The maximum Gasteiger partial charge on any atom is 0.129 e. The van der Waals surface area contributed by atoms with Crippen LogP contribution in [0, 0.1) is 6.92 Å². The molecular weight excluding hydrogens is 172 g/mol. The fourth-order valence-electron chi connectivity index (χ4n) is 0.824. The van der Waals surface area contributed by atoms with E-state index in [4.69, 9.17) is 0 Å². The van der Waals surface area contributed by atoms with Crippen molar-refractivity contribution in [1.29, 1.82) is 0 Å².